The molecule has 0 aliphatic carbocycles. The van der Waals surface area contributed by atoms with Gasteiger partial charge in [0.25, 0.3) is 0 Å². The molecule has 0 spiro atoms. The van der Waals surface area contributed by atoms with Crippen molar-refractivity contribution in [3.05, 3.63) is 30.3 Å². The average Bonchev–Trinajstić information content (AvgIpc) is 2.35. The SMILES string of the molecule is C=C(C(=O)OC)c1ccc(OC)cc1OC. The van der Waals surface area contributed by atoms with Gasteiger partial charge < -0.3 is 14.2 Å². The molecular weight excluding hydrogens is 208 g/mol. The number of rotatable bonds is 4. The molecule has 0 aliphatic rings. The fourth-order valence-electron chi connectivity index (χ4n) is 1.28. The lowest BCUT2D eigenvalue weighted by Crippen LogP contribution is -2.04. The van der Waals surface area contributed by atoms with Crippen molar-refractivity contribution >= 4 is 11.5 Å². The van der Waals surface area contributed by atoms with Crippen LogP contribution in [0.2, 0.25) is 0 Å². The van der Waals surface area contributed by atoms with Gasteiger partial charge in [0.2, 0.25) is 0 Å². The van der Waals surface area contributed by atoms with Crippen molar-refractivity contribution in [3.8, 4) is 11.5 Å². The summed E-state index contributed by atoms with van der Waals surface area (Å²) in [4.78, 5) is 11.3. The van der Waals surface area contributed by atoms with Gasteiger partial charge >= 0.3 is 5.97 Å². The molecule has 1 aromatic rings. The van der Waals surface area contributed by atoms with Gasteiger partial charge in [0.15, 0.2) is 0 Å². The summed E-state index contributed by atoms with van der Waals surface area (Å²) in [6, 6.07) is 5.12. The van der Waals surface area contributed by atoms with Crippen LogP contribution in [0, 0.1) is 0 Å². The van der Waals surface area contributed by atoms with Crippen LogP contribution in [-0.4, -0.2) is 27.3 Å². The molecule has 86 valence electrons. The number of hydrogen-bond donors (Lipinski definition) is 0. The summed E-state index contributed by atoms with van der Waals surface area (Å²) in [6.07, 6.45) is 0. The van der Waals surface area contributed by atoms with Crippen LogP contribution in [0.4, 0.5) is 0 Å². The Morgan fingerprint density at radius 3 is 2.38 bits per heavy atom. The van der Waals surface area contributed by atoms with Gasteiger partial charge in [-0.1, -0.05) is 6.58 Å². The molecule has 16 heavy (non-hydrogen) atoms. The van der Waals surface area contributed by atoms with Crippen molar-refractivity contribution in [1.82, 2.24) is 0 Å². The van der Waals surface area contributed by atoms with E-state index in [0.29, 0.717) is 17.1 Å². The van der Waals surface area contributed by atoms with E-state index >= 15 is 0 Å². The highest BCUT2D eigenvalue weighted by atomic mass is 16.5. The molecular formula is C12H14O4. The smallest absolute Gasteiger partial charge is 0.337 e. The molecule has 0 fully saturated rings. The van der Waals surface area contributed by atoms with E-state index in [2.05, 4.69) is 11.3 Å². The number of hydrogen-bond acceptors (Lipinski definition) is 4. The first-order chi connectivity index (χ1) is 7.63. The molecule has 0 aliphatic heterocycles. The average molecular weight is 222 g/mol. The van der Waals surface area contributed by atoms with Crippen LogP contribution in [0.15, 0.2) is 24.8 Å². The Hall–Kier alpha value is -1.97. The lowest BCUT2D eigenvalue weighted by atomic mass is 10.1. The van der Waals surface area contributed by atoms with Gasteiger partial charge in [0.1, 0.15) is 11.5 Å². The Labute approximate surface area is 94.4 Å². The Morgan fingerprint density at radius 1 is 1.19 bits per heavy atom. The van der Waals surface area contributed by atoms with Crippen molar-refractivity contribution in [2.24, 2.45) is 0 Å². The molecule has 0 aromatic heterocycles. The van der Waals surface area contributed by atoms with E-state index in [1.165, 1.54) is 14.2 Å². The van der Waals surface area contributed by atoms with Gasteiger partial charge in [-0.3, -0.25) is 0 Å². The van der Waals surface area contributed by atoms with Crippen LogP contribution >= 0.6 is 0 Å². The summed E-state index contributed by atoms with van der Waals surface area (Å²) in [5.74, 6) is 0.691. The van der Waals surface area contributed by atoms with Crippen LogP contribution in [0.1, 0.15) is 5.56 Å². The fourth-order valence-corrected chi connectivity index (χ4v) is 1.28. The summed E-state index contributed by atoms with van der Waals surface area (Å²) in [7, 11) is 4.38. The molecule has 0 bridgehead atoms. The summed E-state index contributed by atoms with van der Waals surface area (Å²) < 4.78 is 14.8. The van der Waals surface area contributed by atoms with Crippen molar-refractivity contribution in [1.29, 1.82) is 0 Å². The highest BCUT2D eigenvalue weighted by Crippen LogP contribution is 2.29. The zero-order valence-electron chi connectivity index (χ0n) is 9.57. The fraction of sp³-hybridized carbons (Fsp3) is 0.250. The Balaban J connectivity index is 3.13. The first-order valence-electron chi connectivity index (χ1n) is 4.63. The summed E-state index contributed by atoms with van der Waals surface area (Å²) in [5, 5.41) is 0. The molecule has 0 heterocycles. The standard InChI is InChI=1S/C12H14O4/c1-8(12(13)16-4)10-6-5-9(14-2)7-11(10)15-3/h5-7H,1H2,2-4H3. The predicted molar refractivity (Wildman–Crippen MR) is 60.6 cm³/mol. The van der Waals surface area contributed by atoms with Crippen molar-refractivity contribution < 1.29 is 19.0 Å². The van der Waals surface area contributed by atoms with Gasteiger partial charge in [0.05, 0.1) is 26.9 Å². The largest absolute Gasteiger partial charge is 0.497 e. The first-order valence-corrected chi connectivity index (χ1v) is 4.63. The summed E-state index contributed by atoms with van der Waals surface area (Å²) in [5.41, 5.74) is 0.845. The number of carbonyl (C=O) groups excluding carboxylic acids is 1. The normalized spacial score (nSPS) is 9.44. The zero-order chi connectivity index (χ0) is 12.1. The van der Waals surface area contributed by atoms with Crippen LogP contribution in [0.3, 0.4) is 0 Å². The van der Waals surface area contributed by atoms with E-state index in [4.69, 9.17) is 9.47 Å². The molecule has 1 rings (SSSR count). The Kier molecular flexibility index (Phi) is 3.94. The van der Waals surface area contributed by atoms with E-state index in [9.17, 15) is 4.79 Å². The minimum atomic E-state index is -0.483. The highest BCUT2D eigenvalue weighted by molar-refractivity contribution is 6.16. The van der Waals surface area contributed by atoms with E-state index in [-0.39, 0.29) is 5.57 Å². The molecule has 0 saturated carbocycles. The van der Waals surface area contributed by atoms with Crippen molar-refractivity contribution in [2.75, 3.05) is 21.3 Å². The molecule has 0 N–H and O–H groups in total. The quantitative estimate of drug-likeness (QED) is 0.576. The summed E-state index contributed by atoms with van der Waals surface area (Å²) in [6.45, 7) is 3.66. The number of benzene rings is 1. The second-order valence-electron chi connectivity index (χ2n) is 3.04. The van der Waals surface area contributed by atoms with Gasteiger partial charge in [-0.05, 0) is 12.1 Å². The van der Waals surface area contributed by atoms with E-state index < -0.39 is 5.97 Å². The predicted octanol–water partition coefficient (Wildman–Crippen LogP) is 1.89. The second kappa shape index (κ2) is 5.21. The minimum Gasteiger partial charge on any atom is -0.497 e. The summed E-state index contributed by atoms with van der Waals surface area (Å²) >= 11 is 0. The zero-order valence-corrected chi connectivity index (χ0v) is 9.57. The van der Waals surface area contributed by atoms with Gasteiger partial charge in [-0.15, -0.1) is 0 Å². The lowest BCUT2D eigenvalue weighted by Gasteiger charge is -2.10. The Morgan fingerprint density at radius 2 is 1.88 bits per heavy atom. The molecule has 0 saturated heterocycles. The minimum absolute atomic E-state index is 0.252. The van der Waals surface area contributed by atoms with Crippen molar-refractivity contribution in [2.45, 2.75) is 0 Å². The maximum atomic E-state index is 11.3. The number of carbonyl (C=O) groups is 1. The highest BCUT2D eigenvalue weighted by Gasteiger charge is 2.14. The number of ether oxygens (including phenoxy) is 3. The third kappa shape index (κ3) is 2.34. The van der Waals surface area contributed by atoms with Crippen LogP contribution in [0.5, 0.6) is 11.5 Å². The monoisotopic (exact) mass is 222 g/mol. The van der Waals surface area contributed by atoms with Crippen LogP contribution < -0.4 is 9.47 Å². The van der Waals surface area contributed by atoms with Gasteiger partial charge in [-0.2, -0.15) is 0 Å². The van der Waals surface area contributed by atoms with E-state index in [1.54, 1.807) is 25.3 Å². The topological polar surface area (TPSA) is 44.8 Å². The lowest BCUT2D eigenvalue weighted by molar-refractivity contribution is -0.133. The Bertz CT molecular complexity index is 409. The molecule has 0 atom stereocenters. The second-order valence-corrected chi connectivity index (χ2v) is 3.04. The molecule has 4 nitrogen and oxygen atoms in total. The maximum absolute atomic E-state index is 11.3. The molecule has 4 heteroatoms. The van der Waals surface area contributed by atoms with Crippen LogP contribution in [0.25, 0.3) is 5.57 Å². The maximum Gasteiger partial charge on any atom is 0.337 e. The third-order valence-corrected chi connectivity index (χ3v) is 2.17. The number of esters is 1. The first kappa shape index (κ1) is 12.1. The van der Waals surface area contributed by atoms with Crippen LogP contribution in [-0.2, 0) is 9.53 Å². The molecule has 0 unspecified atom stereocenters. The van der Waals surface area contributed by atoms with E-state index in [0.717, 1.165) is 0 Å². The molecule has 0 amide bonds. The van der Waals surface area contributed by atoms with Crippen molar-refractivity contribution in [3.63, 3.8) is 0 Å². The van der Waals surface area contributed by atoms with E-state index in [1.807, 2.05) is 0 Å². The number of methoxy groups -OCH3 is 3. The molecule has 1 aromatic carbocycles. The molecule has 0 radical (unpaired) electrons. The van der Waals surface area contributed by atoms with Gasteiger partial charge in [-0.25, -0.2) is 4.79 Å². The third-order valence-electron chi connectivity index (χ3n) is 2.17. The van der Waals surface area contributed by atoms with Gasteiger partial charge in [0, 0.05) is 11.6 Å².